The van der Waals surface area contributed by atoms with Gasteiger partial charge >= 0.3 is 0 Å². The van der Waals surface area contributed by atoms with E-state index in [1.54, 1.807) is 11.8 Å². The number of hydrogen-bond acceptors (Lipinski definition) is 4. The number of likely N-dealkylation sites (tertiary alicyclic amines) is 1. The lowest BCUT2D eigenvalue weighted by atomic mass is 10.0. The number of hydrogen-bond donors (Lipinski definition) is 1. The quantitative estimate of drug-likeness (QED) is 0.912. The Bertz CT molecular complexity index is 648. The summed E-state index contributed by atoms with van der Waals surface area (Å²) in [4.78, 5) is 31.7. The molecule has 1 fully saturated rings. The van der Waals surface area contributed by atoms with Gasteiger partial charge in [-0.05, 0) is 32.3 Å². The van der Waals surface area contributed by atoms with Gasteiger partial charge in [-0.1, -0.05) is 35.0 Å². The van der Waals surface area contributed by atoms with E-state index in [1.165, 1.54) is 5.56 Å². The average molecular weight is 329 g/mol. The molecule has 128 valence electrons. The first-order valence-corrected chi connectivity index (χ1v) is 8.43. The predicted molar refractivity (Wildman–Crippen MR) is 90.6 cm³/mol. The van der Waals surface area contributed by atoms with Gasteiger partial charge in [0.2, 0.25) is 12.0 Å². The van der Waals surface area contributed by atoms with Crippen LogP contribution in [0.25, 0.3) is 0 Å². The van der Waals surface area contributed by atoms with Gasteiger partial charge in [0, 0.05) is 19.5 Å². The number of aryl methyl sites for hydroxylation is 1. The van der Waals surface area contributed by atoms with Crippen molar-refractivity contribution < 1.29 is 14.4 Å². The van der Waals surface area contributed by atoms with Gasteiger partial charge in [-0.3, -0.25) is 9.59 Å². The molecule has 0 aliphatic carbocycles. The van der Waals surface area contributed by atoms with Crippen molar-refractivity contribution in [3.63, 3.8) is 0 Å². The van der Waals surface area contributed by atoms with Crippen LogP contribution >= 0.6 is 0 Å². The molecule has 0 radical (unpaired) electrons. The highest BCUT2D eigenvalue weighted by Crippen LogP contribution is 2.18. The number of nitrogens with zero attached hydrogens (tertiary/aromatic N) is 2. The van der Waals surface area contributed by atoms with Crippen molar-refractivity contribution in [3.05, 3.63) is 35.4 Å². The summed E-state index contributed by atoms with van der Waals surface area (Å²) in [5.74, 6) is -0.320. The highest BCUT2D eigenvalue weighted by atomic mass is 16.6. The van der Waals surface area contributed by atoms with Gasteiger partial charge in [-0.25, -0.2) is 0 Å². The van der Waals surface area contributed by atoms with E-state index >= 15 is 0 Å². The van der Waals surface area contributed by atoms with Crippen LogP contribution in [0.3, 0.4) is 0 Å². The number of rotatable bonds is 4. The second-order valence-corrected chi connectivity index (χ2v) is 6.46. The van der Waals surface area contributed by atoms with Gasteiger partial charge in [-0.2, -0.15) is 0 Å². The van der Waals surface area contributed by atoms with Crippen molar-refractivity contribution in [1.82, 2.24) is 10.2 Å². The molecule has 1 aromatic carbocycles. The van der Waals surface area contributed by atoms with Crippen LogP contribution in [0.4, 0.5) is 0 Å². The third-order valence-corrected chi connectivity index (χ3v) is 4.49. The standard InChI is InChI=1S/C18H23N3O3/c1-12-5-7-14(8-6-12)15-11-16(24-20-15)17(22)19-13(2)18(23)21-9-3-4-10-21/h5-8,13,16H,3-4,9-11H2,1-2H3,(H,19,22)/t13-,16+/m1/s1. The molecule has 1 aromatic rings. The van der Waals surface area contributed by atoms with Crippen molar-refractivity contribution in [1.29, 1.82) is 0 Å². The van der Waals surface area contributed by atoms with Gasteiger partial charge in [0.05, 0.1) is 5.71 Å². The Balaban J connectivity index is 1.53. The van der Waals surface area contributed by atoms with Gasteiger partial charge < -0.3 is 15.1 Å². The molecule has 2 aliphatic heterocycles. The lowest BCUT2D eigenvalue weighted by molar-refractivity contribution is -0.138. The molecule has 3 rings (SSSR count). The van der Waals surface area contributed by atoms with Crippen LogP contribution in [-0.4, -0.2) is 47.7 Å². The Labute approximate surface area is 141 Å². The SMILES string of the molecule is Cc1ccc(C2=NO[C@H](C(=O)N[C@H](C)C(=O)N3CCCC3)C2)cc1. The fourth-order valence-corrected chi connectivity index (χ4v) is 3.01. The lowest BCUT2D eigenvalue weighted by Gasteiger charge is -2.21. The first-order chi connectivity index (χ1) is 11.5. The largest absolute Gasteiger partial charge is 0.382 e. The summed E-state index contributed by atoms with van der Waals surface area (Å²) in [6.07, 6.45) is 1.81. The number of oxime groups is 1. The highest BCUT2D eigenvalue weighted by molar-refractivity contribution is 6.04. The molecule has 2 amide bonds. The summed E-state index contributed by atoms with van der Waals surface area (Å²) in [5, 5.41) is 6.78. The molecule has 0 unspecified atom stereocenters. The molecule has 1 N–H and O–H groups in total. The molecule has 6 heteroatoms. The topological polar surface area (TPSA) is 71.0 Å². The van der Waals surface area contributed by atoms with E-state index in [4.69, 9.17) is 4.84 Å². The second-order valence-electron chi connectivity index (χ2n) is 6.46. The zero-order chi connectivity index (χ0) is 17.1. The van der Waals surface area contributed by atoms with Gasteiger partial charge in [0.15, 0.2) is 0 Å². The maximum absolute atomic E-state index is 12.3. The molecule has 0 saturated carbocycles. The third-order valence-electron chi connectivity index (χ3n) is 4.49. The lowest BCUT2D eigenvalue weighted by Crippen LogP contribution is -2.48. The molecular formula is C18H23N3O3. The molecule has 2 atom stereocenters. The molecule has 24 heavy (non-hydrogen) atoms. The van der Waals surface area contributed by atoms with E-state index in [2.05, 4.69) is 10.5 Å². The van der Waals surface area contributed by atoms with Crippen LogP contribution in [0.5, 0.6) is 0 Å². The van der Waals surface area contributed by atoms with Gasteiger partial charge in [-0.15, -0.1) is 0 Å². The zero-order valence-corrected chi connectivity index (χ0v) is 14.1. The van der Waals surface area contributed by atoms with Crippen LogP contribution in [0, 0.1) is 6.92 Å². The van der Waals surface area contributed by atoms with E-state index in [1.807, 2.05) is 31.2 Å². The Morgan fingerprint density at radius 2 is 1.92 bits per heavy atom. The summed E-state index contributed by atoms with van der Waals surface area (Å²) in [6, 6.07) is 7.40. The van der Waals surface area contributed by atoms with Gasteiger partial charge in [0.25, 0.3) is 5.91 Å². The van der Waals surface area contributed by atoms with Crippen LogP contribution in [0.1, 0.15) is 37.3 Å². The van der Waals surface area contributed by atoms with Crippen molar-refractivity contribution in [2.24, 2.45) is 5.16 Å². The molecule has 0 spiro atoms. The number of carbonyl (C=O) groups is 2. The molecule has 2 aliphatic rings. The van der Waals surface area contributed by atoms with Gasteiger partial charge in [0.1, 0.15) is 6.04 Å². The summed E-state index contributed by atoms with van der Waals surface area (Å²) < 4.78 is 0. The summed E-state index contributed by atoms with van der Waals surface area (Å²) in [5.41, 5.74) is 2.88. The number of benzene rings is 1. The second kappa shape index (κ2) is 7.03. The fraction of sp³-hybridized carbons (Fsp3) is 0.500. The van der Waals surface area contributed by atoms with E-state index in [-0.39, 0.29) is 11.8 Å². The molecule has 6 nitrogen and oxygen atoms in total. The van der Waals surface area contributed by atoms with Crippen molar-refractivity contribution in [3.8, 4) is 0 Å². The first kappa shape index (κ1) is 16.5. The maximum Gasteiger partial charge on any atom is 0.264 e. The van der Waals surface area contributed by atoms with Crippen LogP contribution in [-0.2, 0) is 14.4 Å². The molecular weight excluding hydrogens is 306 g/mol. The number of nitrogens with one attached hydrogen (secondary N) is 1. The number of amides is 2. The van der Waals surface area contributed by atoms with E-state index in [0.29, 0.717) is 6.42 Å². The third kappa shape index (κ3) is 3.58. The summed E-state index contributed by atoms with van der Waals surface area (Å²) in [7, 11) is 0. The summed E-state index contributed by atoms with van der Waals surface area (Å²) in [6.45, 7) is 5.29. The minimum absolute atomic E-state index is 0.0291. The average Bonchev–Trinajstić information content (AvgIpc) is 3.26. The Morgan fingerprint density at radius 1 is 1.25 bits per heavy atom. The van der Waals surface area contributed by atoms with Crippen molar-refractivity contribution in [2.75, 3.05) is 13.1 Å². The Kier molecular flexibility index (Phi) is 4.83. The van der Waals surface area contributed by atoms with E-state index < -0.39 is 12.1 Å². The predicted octanol–water partition coefficient (Wildman–Crippen LogP) is 1.62. The normalized spacial score (nSPS) is 21.2. The van der Waals surface area contributed by atoms with Crippen LogP contribution in [0.2, 0.25) is 0 Å². The van der Waals surface area contributed by atoms with Crippen molar-refractivity contribution in [2.45, 2.75) is 45.3 Å². The minimum atomic E-state index is -0.671. The Hall–Kier alpha value is -2.37. The van der Waals surface area contributed by atoms with E-state index in [0.717, 1.165) is 37.2 Å². The van der Waals surface area contributed by atoms with Crippen LogP contribution in [0.15, 0.2) is 29.4 Å². The zero-order valence-electron chi connectivity index (χ0n) is 14.1. The molecule has 1 saturated heterocycles. The Morgan fingerprint density at radius 3 is 2.58 bits per heavy atom. The molecule has 0 aromatic heterocycles. The highest BCUT2D eigenvalue weighted by Gasteiger charge is 2.32. The molecule has 2 heterocycles. The molecule has 0 bridgehead atoms. The minimum Gasteiger partial charge on any atom is -0.382 e. The smallest absolute Gasteiger partial charge is 0.264 e. The maximum atomic E-state index is 12.3. The monoisotopic (exact) mass is 329 g/mol. The summed E-state index contributed by atoms with van der Waals surface area (Å²) >= 11 is 0. The van der Waals surface area contributed by atoms with E-state index in [9.17, 15) is 9.59 Å². The first-order valence-electron chi connectivity index (χ1n) is 8.43. The number of carbonyl (C=O) groups excluding carboxylic acids is 2. The van der Waals surface area contributed by atoms with Crippen LogP contribution < -0.4 is 5.32 Å². The fourth-order valence-electron chi connectivity index (χ4n) is 3.01. The van der Waals surface area contributed by atoms with Crippen molar-refractivity contribution >= 4 is 17.5 Å².